The highest BCUT2D eigenvalue weighted by molar-refractivity contribution is 7.89. The fraction of sp³-hybridized carbons (Fsp3) is 0.533. The fourth-order valence-corrected chi connectivity index (χ4v) is 3.90. The SMILES string of the molecule is Cl.NC1CCC(NS(=O)(=O)c2ccc(C(=O)NCC(F)(F)F)cc2)CC1. The number of carbonyl (C=O) groups excluding carboxylic acids is 1. The van der Waals surface area contributed by atoms with Crippen LogP contribution < -0.4 is 15.8 Å². The van der Waals surface area contributed by atoms with Crippen molar-refractivity contribution in [2.24, 2.45) is 5.73 Å². The zero-order valence-electron chi connectivity index (χ0n) is 13.8. The van der Waals surface area contributed by atoms with Crippen LogP contribution in [0.15, 0.2) is 29.2 Å². The largest absolute Gasteiger partial charge is 0.405 e. The number of nitrogens with two attached hydrogens (primary N) is 1. The lowest BCUT2D eigenvalue weighted by molar-refractivity contribution is -0.123. The van der Waals surface area contributed by atoms with Crippen molar-refractivity contribution in [3.05, 3.63) is 29.8 Å². The zero-order chi connectivity index (χ0) is 18.7. The van der Waals surface area contributed by atoms with Gasteiger partial charge in [0.2, 0.25) is 10.0 Å². The Morgan fingerprint density at radius 2 is 1.65 bits per heavy atom. The normalized spacial score (nSPS) is 20.9. The Morgan fingerprint density at radius 3 is 2.15 bits per heavy atom. The third-order valence-electron chi connectivity index (χ3n) is 3.97. The Morgan fingerprint density at radius 1 is 1.12 bits per heavy atom. The van der Waals surface area contributed by atoms with Crippen LogP contribution in [0.25, 0.3) is 0 Å². The Balaban J connectivity index is 0.00000338. The molecule has 0 atom stereocenters. The minimum absolute atomic E-state index is 0. The summed E-state index contributed by atoms with van der Waals surface area (Å²) in [6, 6.07) is 4.64. The molecule has 1 aliphatic carbocycles. The van der Waals surface area contributed by atoms with Crippen molar-refractivity contribution in [3.63, 3.8) is 0 Å². The molecule has 1 amide bonds. The van der Waals surface area contributed by atoms with Crippen molar-refractivity contribution < 1.29 is 26.4 Å². The summed E-state index contributed by atoms with van der Waals surface area (Å²) in [6.07, 6.45) is -1.72. The molecule has 1 saturated carbocycles. The van der Waals surface area contributed by atoms with Crippen LogP contribution in [-0.4, -0.2) is 39.1 Å². The van der Waals surface area contributed by atoms with Crippen molar-refractivity contribution in [3.8, 4) is 0 Å². The van der Waals surface area contributed by atoms with Gasteiger partial charge in [-0.1, -0.05) is 0 Å². The summed E-state index contributed by atoms with van der Waals surface area (Å²) in [6.45, 7) is -1.45. The highest BCUT2D eigenvalue weighted by Gasteiger charge is 2.28. The lowest BCUT2D eigenvalue weighted by atomic mass is 9.93. The summed E-state index contributed by atoms with van der Waals surface area (Å²) < 4.78 is 63.5. The minimum atomic E-state index is -4.51. The van der Waals surface area contributed by atoms with E-state index in [0.717, 1.165) is 12.8 Å². The molecule has 26 heavy (non-hydrogen) atoms. The Bertz CT molecular complexity index is 703. The Kier molecular flexibility index (Phi) is 7.87. The van der Waals surface area contributed by atoms with Crippen molar-refractivity contribution >= 4 is 28.3 Å². The van der Waals surface area contributed by atoms with Gasteiger partial charge in [-0.3, -0.25) is 4.79 Å². The Labute approximate surface area is 156 Å². The quantitative estimate of drug-likeness (QED) is 0.684. The number of halogens is 4. The average Bonchev–Trinajstić information content (AvgIpc) is 2.54. The molecule has 0 spiro atoms. The second-order valence-corrected chi connectivity index (χ2v) is 7.77. The van der Waals surface area contributed by atoms with Crippen LogP contribution >= 0.6 is 12.4 Å². The molecular weight excluding hydrogens is 395 g/mol. The van der Waals surface area contributed by atoms with E-state index >= 15 is 0 Å². The molecule has 4 N–H and O–H groups in total. The van der Waals surface area contributed by atoms with Crippen molar-refractivity contribution in [1.82, 2.24) is 10.0 Å². The van der Waals surface area contributed by atoms with Crippen molar-refractivity contribution in [2.75, 3.05) is 6.54 Å². The molecule has 1 aromatic carbocycles. The van der Waals surface area contributed by atoms with E-state index in [1.54, 1.807) is 5.32 Å². The summed E-state index contributed by atoms with van der Waals surface area (Å²) in [5.74, 6) is -0.921. The predicted molar refractivity (Wildman–Crippen MR) is 92.6 cm³/mol. The predicted octanol–water partition coefficient (Wildman–Crippen LogP) is 1.95. The first-order valence-corrected chi connectivity index (χ1v) is 9.28. The van der Waals surface area contributed by atoms with Gasteiger partial charge in [-0.2, -0.15) is 13.2 Å². The summed E-state index contributed by atoms with van der Waals surface area (Å²) in [5.41, 5.74) is 5.73. The summed E-state index contributed by atoms with van der Waals surface area (Å²) >= 11 is 0. The Hall–Kier alpha value is -1.36. The third-order valence-corrected chi connectivity index (χ3v) is 5.51. The lowest BCUT2D eigenvalue weighted by Crippen LogP contribution is -2.40. The highest BCUT2D eigenvalue weighted by Crippen LogP contribution is 2.20. The number of hydrogen-bond acceptors (Lipinski definition) is 4. The van der Waals surface area contributed by atoms with Crippen LogP contribution in [0.5, 0.6) is 0 Å². The van der Waals surface area contributed by atoms with Gasteiger partial charge in [-0.15, -0.1) is 12.4 Å². The van der Waals surface area contributed by atoms with Crippen LogP contribution in [0.3, 0.4) is 0 Å². The fourth-order valence-electron chi connectivity index (χ4n) is 2.59. The molecule has 11 heteroatoms. The van der Waals surface area contributed by atoms with Crippen molar-refractivity contribution in [1.29, 1.82) is 0 Å². The molecule has 2 rings (SSSR count). The molecule has 6 nitrogen and oxygen atoms in total. The van der Waals surface area contributed by atoms with Gasteiger partial charge in [-0.25, -0.2) is 13.1 Å². The molecule has 0 heterocycles. The maximum Gasteiger partial charge on any atom is 0.405 e. The highest BCUT2D eigenvalue weighted by atomic mass is 35.5. The molecule has 0 bridgehead atoms. The van der Waals surface area contributed by atoms with Gasteiger partial charge >= 0.3 is 6.18 Å². The third kappa shape index (κ3) is 6.75. The van der Waals surface area contributed by atoms with Gasteiger partial charge in [0.1, 0.15) is 6.54 Å². The molecule has 0 saturated heterocycles. The monoisotopic (exact) mass is 415 g/mol. The molecule has 0 radical (unpaired) electrons. The number of carbonyl (C=O) groups is 1. The number of rotatable bonds is 5. The van der Waals surface area contributed by atoms with Gasteiger partial charge in [0.15, 0.2) is 0 Å². The van der Waals surface area contributed by atoms with Crippen LogP contribution in [0, 0.1) is 0 Å². The summed E-state index contributed by atoms with van der Waals surface area (Å²) in [5, 5.41) is 1.73. The van der Waals surface area contributed by atoms with E-state index in [1.807, 2.05) is 0 Å². The van der Waals surface area contributed by atoms with E-state index < -0.39 is 28.7 Å². The first kappa shape index (κ1) is 22.7. The van der Waals surface area contributed by atoms with Crippen LogP contribution in [0.4, 0.5) is 13.2 Å². The standard InChI is InChI=1S/C15H20F3N3O3S.ClH/c16-15(17,18)9-20-14(22)10-1-7-13(8-2-10)25(23,24)21-12-5-3-11(19)4-6-12;/h1-2,7-8,11-12,21H,3-6,9,19H2,(H,20,22);1H. The molecule has 0 aliphatic heterocycles. The topological polar surface area (TPSA) is 101 Å². The van der Waals surface area contributed by atoms with Crippen molar-refractivity contribution in [2.45, 2.75) is 48.8 Å². The molecule has 0 aromatic heterocycles. The van der Waals surface area contributed by atoms with Gasteiger partial charge in [0, 0.05) is 17.6 Å². The number of nitrogens with one attached hydrogen (secondary N) is 2. The van der Waals surface area contributed by atoms with E-state index in [9.17, 15) is 26.4 Å². The number of amides is 1. The number of hydrogen-bond donors (Lipinski definition) is 3. The van der Waals surface area contributed by atoms with Crippen LogP contribution in [-0.2, 0) is 10.0 Å². The van der Waals surface area contributed by atoms with Gasteiger partial charge < -0.3 is 11.1 Å². The number of alkyl halides is 3. The molecule has 148 valence electrons. The van der Waals surface area contributed by atoms with Gasteiger partial charge in [0.05, 0.1) is 4.90 Å². The first-order chi connectivity index (χ1) is 11.6. The number of benzene rings is 1. The van der Waals surface area contributed by atoms with E-state index in [2.05, 4.69) is 4.72 Å². The minimum Gasteiger partial charge on any atom is -0.343 e. The van der Waals surface area contributed by atoms with E-state index in [-0.39, 0.29) is 34.9 Å². The molecule has 1 fully saturated rings. The molecular formula is C15H21ClF3N3O3S. The van der Waals surface area contributed by atoms with E-state index in [4.69, 9.17) is 5.73 Å². The lowest BCUT2D eigenvalue weighted by Gasteiger charge is -2.26. The number of sulfonamides is 1. The second kappa shape index (κ2) is 9.03. The summed E-state index contributed by atoms with van der Waals surface area (Å²) in [4.78, 5) is 11.6. The molecule has 0 unspecified atom stereocenters. The van der Waals surface area contributed by atoms with Gasteiger partial charge in [-0.05, 0) is 49.9 Å². The van der Waals surface area contributed by atoms with E-state index in [0.29, 0.717) is 12.8 Å². The van der Waals surface area contributed by atoms with Crippen LogP contribution in [0.2, 0.25) is 0 Å². The second-order valence-electron chi connectivity index (χ2n) is 6.06. The van der Waals surface area contributed by atoms with E-state index in [1.165, 1.54) is 24.3 Å². The molecule has 1 aliphatic rings. The van der Waals surface area contributed by atoms with Crippen LogP contribution in [0.1, 0.15) is 36.0 Å². The summed E-state index contributed by atoms with van der Waals surface area (Å²) in [7, 11) is -3.76. The van der Waals surface area contributed by atoms with Gasteiger partial charge in [0.25, 0.3) is 5.91 Å². The maximum atomic E-state index is 12.3. The average molecular weight is 416 g/mol. The maximum absolute atomic E-state index is 12.3. The smallest absolute Gasteiger partial charge is 0.343 e. The zero-order valence-corrected chi connectivity index (χ0v) is 15.4. The first-order valence-electron chi connectivity index (χ1n) is 7.80. The molecule has 1 aromatic rings.